The number of amides is 2. The zero-order chi connectivity index (χ0) is 14.4. The molecule has 8 nitrogen and oxygen atoms in total. The Balaban J connectivity index is 3.03. The summed E-state index contributed by atoms with van der Waals surface area (Å²) < 4.78 is 8.82. The maximum Gasteiger partial charge on any atom is 0.488 e. The summed E-state index contributed by atoms with van der Waals surface area (Å²) >= 11 is 0. The van der Waals surface area contributed by atoms with Crippen LogP contribution in [0.15, 0.2) is 18.2 Å². The molecule has 0 aliphatic heterocycles. The van der Waals surface area contributed by atoms with Gasteiger partial charge in [-0.25, -0.2) is 9.59 Å². The van der Waals surface area contributed by atoms with E-state index in [1.807, 2.05) is 0 Å². The van der Waals surface area contributed by atoms with E-state index in [4.69, 9.17) is 10.0 Å². The molecule has 0 saturated carbocycles. The third-order valence-corrected chi connectivity index (χ3v) is 2.12. The molecule has 0 aromatic heterocycles. The van der Waals surface area contributed by atoms with Crippen LogP contribution in [-0.4, -0.2) is 43.6 Å². The fourth-order valence-electron chi connectivity index (χ4n) is 1.28. The van der Waals surface area contributed by atoms with E-state index in [1.165, 1.54) is 32.4 Å². The zero-order valence-electron chi connectivity index (χ0n) is 10.3. The molecule has 0 atom stereocenters. The van der Waals surface area contributed by atoms with Crippen molar-refractivity contribution in [2.75, 3.05) is 24.9 Å². The molecule has 0 fully saturated rings. The van der Waals surface area contributed by atoms with Gasteiger partial charge in [-0.3, -0.25) is 10.6 Å². The lowest BCUT2D eigenvalue weighted by Crippen LogP contribution is -2.31. The molecular weight excluding hydrogens is 255 g/mol. The average Bonchev–Trinajstić information content (AvgIpc) is 2.37. The third kappa shape index (κ3) is 4.49. The van der Waals surface area contributed by atoms with Crippen molar-refractivity contribution in [3.8, 4) is 0 Å². The molecule has 0 heterocycles. The molecule has 0 aliphatic rings. The lowest BCUT2D eigenvalue weighted by atomic mass is 9.80. The smallest absolute Gasteiger partial charge is 0.453 e. The monoisotopic (exact) mass is 268 g/mol. The topological polar surface area (TPSA) is 117 Å². The van der Waals surface area contributed by atoms with E-state index in [2.05, 4.69) is 20.1 Å². The number of nitrogens with one attached hydrogen (secondary N) is 2. The highest BCUT2D eigenvalue weighted by molar-refractivity contribution is 6.58. The maximum atomic E-state index is 11.1. The average molecular weight is 268 g/mol. The molecule has 0 spiro atoms. The molecule has 0 saturated heterocycles. The predicted molar refractivity (Wildman–Crippen MR) is 68.3 cm³/mol. The molecule has 19 heavy (non-hydrogen) atoms. The molecule has 0 unspecified atom stereocenters. The van der Waals surface area contributed by atoms with Crippen LogP contribution < -0.4 is 16.1 Å². The molecule has 0 aliphatic carbocycles. The van der Waals surface area contributed by atoms with Crippen LogP contribution in [-0.2, 0) is 9.47 Å². The highest BCUT2D eigenvalue weighted by Crippen LogP contribution is 2.14. The SMILES string of the molecule is COC(=O)Nc1cc(NC(=O)OC)cc(B(O)O)c1. The summed E-state index contributed by atoms with van der Waals surface area (Å²) in [6.45, 7) is 0. The first kappa shape index (κ1) is 14.8. The standard InChI is InChI=1S/C10H13BN2O6/c1-18-9(14)12-7-3-6(11(16)17)4-8(5-7)13-10(15)19-2/h3-5,16-17H,1-2H3,(H,12,14)(H,13,15). The normalized spacial score (nSPS) is 9.47. The highest BCUT2D eigenvalue weighted by atomic mass is 16.5. The Morgan fingerprint density at radius 2 is 1.42 bits per heavy atom. The molecule has 0 radical (unpaired) electrons. The molecule has 2 amide bonds. The number of rotatable bonds is 3. The first-order valence-corrected chi connectivity index (χ1v) is 5.17. The van der Waals surface area contributed by atoms with Crippen molar-refractivity contribution in [3.05, 3.63) is 18.2 Å². The van der Waals surface area contributed by atoms with Gasteiger partial charge in [0.15, 0.2) is 0 Å². The molecule has 0 bridgehead atoms. The second kappa shape index (κ2) is 6.62. The minimum atomic E-state index is -1.75. The fraction of sp³-hybridized carbons (Fsp3) is 0.200. The Labute approximate surface area is 109 Å². The summed E-state index contributed by atoms with van der Waals surface area (Å²) in [6, 6.07) is 4.05. The van der Waals surface area contributed by atoms with E-state index in [-0.39, 0.29) is 16.8 Å². The highest BCUT2D eigenvalue weighted by Gasteiger charge is 2.15. The Hall–Kier alpha value is -2.26. The molecule has 1 aromatic carbocycles. The zero-order valence-corrected chi connectivity index (χ0v) is 10.3. The quantitative estimate of drug-likeness (QED) is 0.560. The van der Waals surface area contributed by atoms with Crippen LogP contribution in [0.4, 0.5) is 21.0 Å². The first-order valence-electron chi connectivity index (χ1n) is 5.17. The van der Waals surface area contributed by atoms with Crippen molar-refractivity contribution in [2.24, 2.45) is 0 Å². The number of methoxy groups -OCH3 is 2. The maximum absolute atomic E-state index is 11.1. The number of hydrogen-bond donors (Lipinski definition) is 4. The molecule has 9 heteroatoms. The summed E-state index contributed by atoms with van der Waals surface area (Å²) in [6.07, 6.45) is -1.46. The number of benzene rings is 1. The van der Waals surface area contributed by atoms with Gasteiger partial charge < -0.3 is 19.5 Å². The molecule has 4 N–H and O–H groups in total. The largest absolute Gasteiger partial charge is 0.488 e. The van der Waals surface area contributed by atoms with Gasteiger partial charge in [-0.1, -0.05) is 0 Å². The van der Waals surface area contributed by atoms with Crippen LogP contribution in [0.3, 0.4) is 0 Å². The van der Waals surface area contributed by atoms with Gasteiger partial charge in [0.2, 0.25) is 0 Å². The van der Waals surface area contributed by atoms with E-state index >= 15 is 0 Å². The van der Waals surface area contributed by atoms with Gasteiger partial charge in [-0.2, -0.15) is 0 Å². The van der Waals surface area contributed by atoms with Crippen LogP contribution in [0.25, 0.3) is 0 Å². The first-order chi connectivity index (χ1) is 8.96. The van der Waals surface area contributed by atoms with Crippen molar-refractivity contribution in [1.82, 2.24) is 0 Å². The summed E-state index contributed by atoms with van der Waals surface area (Å²) in [5, 5.41) is 22.9. The summed E-state index contributed by atoms with van der Waals surface area (Å²) in [5.74, 6) is 0. The third-order valence-electron chi connectivity index (χ3n) is 2.12. The lowest BCUT2D eigenvalue weighted by Gasteiger charge is -2.10. The molecule has 102 valence electrons. The van der Waals surface area contributed by atoms with Crippen LogP contribution in [0.1, 0.15) is 0 Å². The minimum Gasteiger partial charge on any atom is -0.453 e. The Morgan fingerprint density at radius 1 is 1.00 bits per heavy atom. The van der Waals surface area contributed by atoms with Crippen molar-refractivity contribution in [1.29, 1.82) is 0 Å². The van der Waals surface area contributed by atoms with Gasteiger partial charge >= 0.3 is 19.3 Å². The van der Waals surface area contributed by atoms with E-state index in [0.717, 1.165) is 0 Å². The molecule has 1 aromatic rings. The van der Waals surface area contributed by atoms with Crippen molar-refractivity contribution in [3.63, 3.8) is 0 Å². The summed E-state index contributed by atoms with van der Waals surface area (Å²) in [7, 11) is 0.624. The summed E-state index contributed by atoms with van der Waals surface area (Å²) in [5.41, 5.74) is 0.535. The number of hydrogen-bond acceptors (Lipinski definition) is 6. The van der Waals surface area contributed by atoms with Crippen LogP contribution in [0, 0.1) is 0 Å². The van der Waals surface area contributed by atoms with Gasteiger partial charge in [-0.15, -0.1) is 0 Å². The van der Waals surface area contributed by atoms with Crippen LogP contribution in [0.2, 0.25) is 0 Å². The fourth-order valence-corrected chi connectivity index (χ4v) is 1.28. The van der Waals surface area contributed by atoms with Gasteiger partial charge in [0.1, 0.15) is 0 Å². The Kier molecular flexibility index (Phi) is 5.16. The predicted octanol–water partition coefficient (Wildman–Crippen LogP) is -0.277. The lowest BCUT2D eigenvalue weighted by molar-refractivity contribution is 0.186. The van der Waals surface area contributed by atoms with Gasteiger partial charge in [0.05, 0.1) is 14.2 Å². The van der Waals surface area contributed by atoms with Gasteiger partial charge in [0, 0.05) is 11.4 Å². The van der Waals surface area contributed by atoms with Crippen molar-refractivity contribution in [2.45, 2.75) is 0 Å². The summed E-state index contributed by atoms with van der Waals surface area (Å²) in [4.78, 5) is 22.2. The second-order valence-electron chi connectivity index (χ2n) is 3.45. The Morgan fingerprint density at radius 3 is 1.74 bits per heavy atom. The number of carbonyl (C=O) groups excluding carboxylic acids is 2. The van der Waals surface area contributed by atoms with E-state index in [9.17, 15) is 9.59 Å². The van der Waals surface area contributed by atoms with Crippen LogP contribution >= 0.6 is 0 Å². The minimum absolute atomic E-state index is 0.0836. The van der Waals surface area contributed by atoms with E-state index in [1.54, 1.807) is 0 Å². The molecule has 1 rings (SSSR count). The Bertz CT molecular complexity index is 443. The number of carbonyl (C=O) groups is 2. The van der Waals surface area contributed by atoms with Crippen molar-refractivity contribution >= 4 is 36.1 Å². The number of anilines is 2. The van der Waals surface area contributed by atoms with E-state index < -0.39 is 19.3 Å². The van der Waals surface area contributed by atoms with Gasteiger partial charge in [0.25, 0.3) is 0 Å². The van der Waals surface area contributed by atoms with Gasteiger partial charge in [-0.05, 0) is 23.7 Å². The molecular formula is C10H13BN2O6. The van der Waals surface area contributed by atoms with Crippen molar-refractivity contribution < 1.29 is 29.1 Å². The number of ether oxygens (including phenoxy) is 2. The van der Waals surface area contributed by atoms with Crippen LogP contribution in [0.5, 0.6) is 0 Å². The second-order valence-corrected chi connectivity index (χ2v) is 3.45. The van der Waals surface area contributed by atoms with E-state index in [0.29, 0.717) is 0 Å².